The predicted molar refractivity (Wildman–Crippen MR) is 99.1 cm³/mol. The summed E-state index contributed by atoms with van der Waals surface area (Å²) >= 11 is 0. The van der Waals surface area contributed by atoms with Crippen LogP contribution in [0.5, 0.6) is 5.75 Å². The lowest BCUT2D eigenvalue weighted by Gasteiger charge is -2.16. The van der Waals surface area contributed by atoms with Gasteiger partial charge in [0.2, 0.25) is 5.78 Å². The molecule has 150 valence electrons. The van der Waals surface area contributed by atoms with E-state index in [0.717, 1.165) is 23.9 Å². The molecule has 0 radical (unpaired) electrons. The van der Waals surface area contributed by atoms with E-state index in [4.69, 9.17) is 4.74 Å². The summed E-state index contributed by atoms with van der Waals surface area (Å²) in [5.41, 5.74) is 1.37. The molecule has 0 aliphatic carbocycles. The third-order valence-electron chi connectivity index (χ3n) is 4.84. The summed E-state index contributed by atoms with van der Waals surface area (Å²) in [5.74, 6) is -1.40. The number of Topliss-reactive ketones (excluding diaryl/α,β-unsaturated/α-hetero) is 1. The number of carbonyl (C=O) groups excluding carboxylic acids is 1. The first-order valence-electron chi connectivity index (χ1n) is 8.58. The standard InChI is InChI=1S/C18H19FN2O6S/c1-11-7-15(12(2)20(11)14-5-6-28(25,26)10-14)17(22)9-27-18-4-3-13(21(23)24)8-16(18)19/h3-4,7-8,14H,5-6,9-10H2,1-2H3. The third-order valence-corrected chi connectivity index (χ3v) is 6.59. The number of aryl methyl sites for hydroxylation is 1. The molecule has 0 amide bonds. The van der Waals surface area contributed by atoms with Gasteiger partial charge in [0.15, 0.2) is 28.0 Å². The molecule has 3 rings (SSSR count). The molecular formula is C18H19FN2O6S. The van der Waals surface area contributed by atoms with Crippen LogP contribution in [0, 0.1) is 29.8 Å². The van der Waals surface area contributed by atoms with Crippen molar-refractivity contribution in [3.63, 3.8) is 0 Å². The Balaban J connectivity index is 1.75. The second-order valence-electron chi connectivity index (χ2n) is 6.80. The Morgan fingerprint density at radius 2 is 2.07 bits per heavy atom. The fourth-order valence-corrected chi connectivity index (χ4v) is 5.24. The van der Waals surface area contributed by atoms with E-state index in [1.54, 1.807) is 19.9 Å². The largest absolute Gasteiger partial charge is 0.482 e. The first-order chi connectivity index (χ1) is 13.1. The van der Waals surface area contributed by atoms with E-state index >= 15 is 0 Å². The zero-order chi connectivity index (χ0) is 20.6. The lowest BCUT2D eigenvalue weighted by Crippen LogP contribution is -2.16. The van der Waals surface area contributed by atoms with Gasteiger partial charge in [-0.3, -0.25) is 14.9 Å². The maximum atomic E-state index is 13.9. The lowest BCUT2D eigenvalue weighted by atomic mass is 10.1. The molecule has 28 heavy (non-hydrogen) atoms. The van der Waals surface area contributed by atoms with E-state index in [1.807, 2.05) is 4.57 Å². The Kier molecular flexibility index (Phi) is 5.24. The Hall–Kier alpha value is -2.75. The molecule has 2 aromatic rings. The topological polar surface area (TPSA) is 109 Å². The SMILES string of the molecule is Cc1cc(C(=O)COc2ccc([N+](=O)[O-])cc2F)c(C)n1C1CCS(=O)(=O)C1. The number of nitro benzene ring substituents is 1. The van der Waals surface area contributed by atoms with Crippen molar-refractivity contribution < 1.29 is 27.3 Å². The van der Waals surface area contributed by atoms with Gasteiger partial charge in [-0.1, -0.05) is 0 Å². The summed E-state index contributed by atoms with van der Waals surface area (Å²) in [6.07, 6.45) is 0.497. The van der Waals surface area contributed by atoms with Crippen LogP contribution in [-0.2, 0) is 9.84 Å². The molecule has 1 unspecified atom stereocenters. The first-order valence-corrected chi connectivity index (χ1v) is 10.4. The molecule has 8 nitrogen and oxygen atoms in total. The zero-order valence-electron chi connectivity index (χ0n) is 15.3. The Labute approximate surface area is 161 Å². The molecule has 0 bridgehead atoms. The van der Waals surface area contributed by atoms with Crippen LogP contribution < -0.4 is 4.74 Å². The Morgan fingerprint density at radius 1 is 1.36 bits per heavy atom. The van der Waals surface area contributed by atoms with Crippen molar-refractivity contribution in [2.75, 3.05) is 18.1 Å². The van der Waals surface area contributed by atoms with Crippen LogP contribution in [0.3, 0.4) is 0 Å². The fraction of sp³-hybridized carbons (Fsp3) is 0.389. The van der Waals surface area contributed by atoms with Crippen LogP contribution in [0.1, 0.15) is 34.2 Å². The summed E-state index contributed by atoms with van der Waals surface area (Å²) in [7, 11) is -3.07. The minimum atomic E-state index is -3.07. The molecule has 1 fully saturated rings. The number of hydrogen-bond donors (Lipinski definition) is 0. The van der Waals surface area contributed by atoms with Gasteiger partial charge < -0.3 is 9.30 Å². The van der Waals surface area contributed by atoms with Gasteiger partial charge in [0.1, 0.15) is 0 Å². The number of aromatic nitrogens is 1. The van der Waals surface area contributed by atoms with E-state index in [0.29, 0.717) is 17.7 Å². The summed E-state index contributed by atoms with van der Waals surface area (Å²) < 4.78 is 44.4. The van der Waals surface area contributed by atoms with E-state index in [1.165, 1.54) is 0 Å². The highest BCUT2D eigenvalue weighted by Crippen LogP contribution is 2.29. The molecule has 10 heteroatoms. The maximum Gasteiger partial charge on any atom is 0.272 e. The van der Waals surface area contributed by atoms with Gasteiger partial charge in [-0.15, -0.1) is 0 Å². The third kappa shape index (κ3) is 3.91. The van der Waals surface area contributed by atoms with Gasteiger partial charge in [-0.25, -0.2) is 12.8 Å². The second-order valence-corrected chi connectivity index (χ2v) is 9.02. The summed E-state index contributed by atoms with van der Waals surface area (Å²) in [4.78, 5) is 22.5. The van der Waals surface area contributed by atoms with E-state index < -0.39 is 38.7 Å². The average molecular weight is 410 g/mol. The number of benzene rings is 1. The highest BCUT2D eigenvalue weighted by Gasteiger charge is 2.31. The van der Waals surface area contributed by atoms with Crippen molar-refractivity contribution >= 4 is 21.3 Å². The number of non-ortho nitro benzene ring substituents is 1. The monoisotopic (exact) mass is 410 g/mol. The van der Waals surface area contributed by atoms with Crippen LogP contribution in [0.4, 0.5) is 10.1 Å². The minimum absolute atomic E-state index is 0.0432. The molecule has 0 N–H and O–H groups in total. The molecule has 0 saturated carbocycles. The van der Waals surface area contributed by atoms with Gasteiger partial charge in [0, 0.05) is 29.1 Å². The average Bonchev–Trinajstić information content (AvgIpc) is 3.11. The first kappa shape index (κ1) is 20.0. The molecule has 1 aliphatic rings. The van der Waals surface area contributed by atoms with E-state index in [9.17, 15) is 27.7 Å². The van der Waals surface area contributed by atoms with Crippen molar-refractivity contribution in [2.45, 2.75) is 26.3 Å². The van der Waals surface area contributed by atoms with Crippen LogP contribution in [0.25, 0.3) is 0 Å². The molecular weight excluding hydrogens is 391 g/mol. The fourth-order valence-electron chi connectivity index (χ4n) is 3.54. The Morgan fingerprint density at radius 3 is 2.64 bits per heavy atom. The van der Waals surface area contributed by atoms with Crippen molar-refractivity contribution in [1.29, 1.82) is 0 Å². The molecule has 1 aromatic carbocycles. The highest BCUT2D eigenvalue weighted by atomic mass is 32.2. The van der Waals surface area contributed by atoms with Crippen molar-refractivity contribution in [1.82, 2.24) is 4.57 Å². The number of halogens is 1. The number of nitro groups is 1. The summed E-state index contributed by atoms with van der Waals surface area (Å²) in [6.45, 7) is 3.09. The van der Waals surface area contributed by atoms with Gasteiger partial charge in [-0.2, -0.15) is 0 Å². The highest BCUT2D eigenvalue weighted by molar-refractivity contribution is 7.91. The number of ether oxygens (including phenoxy) is 1. The van der Waals surface area contributed by atoms with Crippen molar-refractivity contribution in [3.8, 4) is 5.75 Å². The quantitative estimate of drug-likeness (QED) is 0.412. The number of sulfone groups is 1. The summed E-state index contributed by atoms with van der Waals surface area (Å²) in [5, 5.41) is 10.6. The van der Waals surface area contributed by atoms with Gasteiger partial charge in [0.05, 0.1) is 22.5 Å². The van der Waals surface area contributed by atoms with Crippen LogP contribution in [0.2, 0.25) is 0 Å². The van der Waals surface area contributed by atoms with Gasteiger partial charge >= 0.3 is 0 Å². The van der Waals surface area contributed by atoms with Crippen LogP contribution in [-0.4, -0.2) is 41.8 Å². The lowest BCUT2D eigenvalue weighted by molar-refractivity contribution is -0.385. The second kappa shape index (κ2) is 7.34. The molecule has 1 saturated heterocycles. The predicted octanol–water partition coefficient (Wildman–Crippen LogP) is 2.77. The summed E-state index contributed by atoms with van der Waals surface area (Å²) in [6, 6.07) is 4.38. The minimum Gasteiger partial charge on any atom is -0.482 e. The van der Waals surface area contributed by atoms with Gasteiger partial charge in [0.25, 0.3) is 5.69 Å². The van der Waals surface area contributed by atoms with Crippen molar-refractivity contribution in [2.24, 2.45) is 0 Å². The smallest absolute Gasteiger partial charge is 0.272 e. The van der Waals surface area contributed by atoms with E-state index in [2.05, 4.69) is 0 Å². The number of hydrogen-bond acceptors (Lipinski definition) is 6. The molecule has 0 spiro atoms. The molecule has 1 aliphatic heterocycles. The van der Waals surface area contributed by atoms with Crippen LogP contribution in [0.15, 0.2) is 24.3 Å². The van der Waals surface area contributed by atoms with Crippen LogP contribution >= 0.6 is 0 Å². The normalized spacial score (nSPS) is 18.2. The van der Waals surface area contributed by atoms with E-state index in [-0.39, 0.29) is 23.3 Å². The molecule has 1 aromatic heterocycles. The molecule has 1 atom stereocenters. The number of rotatable bonds is 6. The number of carbonyl (C=O) groups is 1. The number of nitrogens with zero attached hydrogens (tertiary/aromatic N) is 2. The van der Waals surface area contributed by atoms with Crippen molar-refractivity contribution in [3.05, 3.63) is 57.1 Å². The Bertz CT molecular complexity index is 1060. The van der Waals surface area contributed by atoms with Gasteiger partial charge in [-0.05, 0) is 32.4 Å². The maximum absolute atomic E-state index is 13.9. The number of ketones is 1. The molecule has 2 heterocycles. The zero-order valence-corrected chi connectivity index (χ0v) is 16.2.